The fourth-order valence-corrected chi connectivity index (χ4v) is 6.00. The Morgan fingerprint density at radius 3 is 2.68 bits per heavy atom. The number of hydrogen-bond donors (Lipinski definition) is 0. The lowest BCUT2D eigenvalue weighted by Gasteiger charge is -2.39. The van der Waals surface area contributed by atoms with Crippen molar-refractivity contribution in [1.29, 1.82) is 0 Å². The van der Waals surface area contributed by atoms with Gasteiger partial charge < -0.3 is 4.57 Å². The highest BCUT2D eigenvalue weighted by atomic mass is 19.1. The molecule has 0 saturated heterocycles. The van der Waals surface area contributed by atoms with E-state index in [1.54, 1.807) is 6.21 Å². The molecule has 2 atom stereocenters. The summed E-state index contributed by atoms with van der Waals surface area (Å²) in [6.07, 6.45) is 9.03. The summed E-state index contributed by atoms with van der Waals surface area (Å²) in [4.78, 5) is 13.4. The Morgan fingerprint density at radius 2 is 1.90 bits per heavy atom. The third-order valence-corrected chi connectivity index (χ3v) is 7.28. The number of aromatic nitrogens is 3. The van der Waals surface area contributed by atoms with E-state index in [0.717, 1.165) is 43.2 Å². The zero-order valence-electron chi connectivity index (χ0n) is 17.2. The largest absolute Gasteiger partial charge is 0.331 e. The molecule has 1 aliphatic heterocycles. The van der Waals surface area contributed by atoms with E-state index in [4.69, 9.17) is 0 Å². The number of hydrazone groups is 1. The third-order valence-electron chi connectivity index (χ3n) is 7.28. The standard InChI is InChI=1S/C23H23F2N5O/c1-14-6-21-28(4-5-29(21)27-14)13-23-10-16(11-23)19(12-23)22(31)30-20(2-3-26-30)15-7-17(24)9-18(25)8-15/h3-9,16,19-20H,2,10-13H2,1H3. The quantitative estimate of drug-likeness (QED) is 0.635. The molecule has 0 radical (unpaired) electrons. The summed E-state index contributed by atoms with van der Waals surface area (Å²) in [6, 6.07) is 5.07. The summed E-state index contributed by atoms with van der Waals surface area (Å²) in [5, 5.41) is 10.2. The van der Waals surface area contributed by atoms with Crippen molar-refractivity contribution >= 4 is 17.8 Å². The van der Waals surface area contributed by atoms with Gasteiger partial charge in [0.1, 0.15) is 17.3 Å². The SMILES string of the molecule is Cc1cc2n(CC34CC(C3)C(C(=O)N3N=CCC3c3cc(F)cc(F)c3)C4)ccn2n1. The number of amides is 1. The number of hydrogen-bond acceptors (Lipinski definition) is 3. The predicted octanol–water partition coefficient (Wildman–Crippen LogP) is 4.10. The molecule has 31 heavy (non-hydrogen) atoms. The van der Waals surface area contributed by atoms with E-state index in [9.17, 15) is 13.6 Å². The predicted molar refractivity (Wildman–Crippen MR) is 110 cm³/mol. The number of nitrogens with zero attached hydrogens (tertiary/aromatic N) is 5. The molecule has 0 N–H and O–H groups in total. The Kier molecular flexibility index (Phi) is 3.91. The van der Waals surface area contributed by atoms with E-state index < -0.39 is 17.7 Å². The highest BCUT2D eigenvalue weighted by molar-refractivity contribution is 5.83. The molecule has 8 heteroatoms. The Morgan fingerprint density at radius 1 is 1.13 bits per heavy atom. The van der Waals surface area contributed by atoms with Crippen LogP contribution in [0, 0.1) is 35.8 Å². The molecule has 4 aliphatic rings. The summed E-state index contributed by atoms with van der Waals surface area (Å²) in [5.74, 6) is -1.03. The van der Waals surface area contributed by atoms with Crippen LogP contribution in [0.2, 0.25) is 0 Å². The minimum Gasteiger partial charge on any atom is -0.331 e. The zero-order valence-corrected chi connectivity index (χ0v) is 17.2. The van der Waals surface area contributed by atoms with Crippen LogP contribution >= 0.6 is 0 Å². The summed E-state index contributed by atoms with van der Waals surface area (Å²) in [5.41, 5.74) is 2.63. The van der Waals surface area contributed by atoms with Gasteiger partial charge in [-0.05, 0) is 55.2 Å². The number of benzene rings is 1. The van der Waals surface area contributed by atoms with Gasteiger partial charge in [-0.1, -0.05) is 0 Å². The summed E-state index contributed by atoms with van der Waals surface area (Å²) >= 11 is 0. The minimum atomic E-state index is -0.635. The van der Waals surface area contributed by atoms with Gasteiger partial charge in [-0.15, -0.1) is 0 Å². The van der Waals surface area contributed by atoms with Gasteiger partial charge in [0.15, 0.2) is 0 Å². The molecule has 1 amide bonds. The molecular formula is C23H23F2N5O. The fraction of sp³-hybridized carbons (Fsp3) is 0.435. The molecular weight excluding hydrogens is 400 g/mol. The van der Waals surface area contributed by atoms with Crippen LogP contribution in [0.3, 0.4) is 0 Å². The Bertz CT molecular complexity index is 1200. The maximum absolute atomic E-state index is 13.7. The van der Waals surface area contributed by atoms with E-state index >= 15 is 0 Å². The molecule has 3 aromatic rings. The van der Waals surface area contributed by atoms with Crippen LogP contribution in [0.5, 0.6) is 0 Å². The first-order valence-corrected chi connectivity index (χ1v) is 10.7. The molecule has 6 nitrogen and oxygen atoms in total. The number of rotatable bonds is 4. The second-order valence-electron chi connectivity index (χ2n) is 9.43. The number of aryl methyl sites for hydroxylation is 1. The van der Waals surface area contributed by atoms with Crippen molar-refractivity contribution in [2.45, 2.75) is 45.2 Å². The maximum Gasteiger partial charge on any atom is 0.246 e. The highest BCUT2D eigenvalue weighted by Gasteiger charge is 2.59. The molecule has 3 saturated carbocycles. The van der Waals surface area contributed by atoms with Crippen molar-refractivity contribution in [3.05, 3.63) is 59.6 Å². The number of carbonyl (C=O) groups is 1. The summed E-state index contributed by atoms with van der Waals surface area (Å²) in [7, 11) is 0. The van der Waals surface area contributed by atoms with Crippen molar-refractivity contribution in [2.24, 2.45) is 22.4 Å². The fourth-order valence-electron chi connectivity index (χ4n) is 6.00. The lowest BCUT2D eigenvalue weighted by Crippen LogP contribution is -2.35. The third kappa shape index (κ3) is 2.91. The average molecular weight is 423 g/mol. The molecule has 3 fully saturated rings. The Hall–Kier alpha value is -3.03. The van der Waals surface area contributed by atoms with Crippen LogP contribution in [0.15, 0.2) is 41.8 Å². The van der Waals surface area contributed by atoms with E-state index in [2.05, 4.69) is 27.0 Å². The van der Waals surface area contributed by atoms with Gasteiger partial charge in [-0.25, -0.2) is 18.3 Å². The van der Waals surface area contributed by atoms with Gasteiger partial charge in [0.05, 0.1) is 11.7 Å². The summed E-state index contributed by atoms with van der Waals surface area (Å²) in [6.45, 7) is 2.85. The van der Waals surface area contributed by atoms with Crippen molar-refractivity contribution in [2.75, 3.05) is 0 Å². The summed E-state index contributed by atoms with van der Waals surface area (Å²) < 4.78 is 31.6. The Labute approximate surface area is 178 Å². The van der Waals surface area contributed by atoms with Gasteiger partial charge in [-0.3, -0.25) is 4.79 Å². The maximum atomic E-state index is 13.7. The molecule has 2 aromatic heterocycles. The molecule has 7 rings (SSSR count). The van der Waals surface area contributed by atoms with Crippen LogP contribution in [0.1, 0.15) is 43.0 Å². The molecule has 0 spiro atoms. The van der Waals surface area contributed by atoms with E-state index in [1.807, 2.05) is 17.6 Å². The first-order chi connectivity index (χ1) is 14.9. The number of fused-ring (bicyclic) bond motifs is 2. The van der Waals surface area contributed by atoms with E-state index in [1.165, 1.54) is 17.1 Å². The zero-order chi connectivity index (χ0) is 21.3. The number of halogens is 2. The van der Waals surface area contributed by atoms with Crippen LogP contribution in [-0.2, 0) is 11.3 Å². The monoisotopic (exact) mass is 423 g/mol. The Balaban J connectivity index is 1.20. The molecule has 160 valence electrons. The number of carbonyl (C=O) groups excluding carboxylic acids is 1. The average Bonchev–Trinajstić information content (AvgIpc) is 3.47. The second kappa shape index (κ2) is 6.48. The van der Waals surface area contributed by atoms with Gasteiger partial charge >= 0.3 is 0 Å². The van der Waals surface area contributed by atoms with Crippen LogP contribution in [0.25, 0.3) is 5.65 Å². The van der Waals surface area contributed by atoms with Gasteiger partial charge in [0.25, 0.3) is 0 Å². The molecule has 3 aliphatic carbocycles. The first-order valence-electron chi connectivity index (χ1n) is 10.7. The molecule has 1 aromatic carbocycles. The minimum absolute atomic E-state index is 0.0226. The van der Waals surface area contributed by atoms with Crippen molar-refractivity contribution < 1.29 is 13.6 Å². The smallest absolute Gasteiger partial charge is 0.246 e. The lowest BCUT2D eigenvalue weighted by molar-refractivity contribution is -0.138. The van der Waals surface area contributed by atoms with Crippen LogP contribution in [0.4, 0.5) is 8.78 Å². The first kappa shape index (κ1) is 18.7. The van der Waals surface area contributed by atoms with Crippen LogP contribution < -0.4 is 0 Å². The van der Waals surface area contributed by atoms with Crippen molar-refractivity contribution in [3.8, 4) is 0 Å². The second-order valence-corrected chi connectivity index (χ2v) is 9.43. The van der Waals surface area contributed by atoms with Crippen molar-refractivity contribution in [3.63, 3.8) is 0 Å². The van der Waals surface area contributed by atoms with Gasteiger partial charge in [-0.2, -0.15) is 10.2 Å². The topological polar surface area (TPSA) is 54.9 Å². The highest BCUT2D eigenvalue weighted by Crippen LogP contribution is 2.63. The van der Waals surface area contributed by atoms with Gasteiger partial charge in [0.2, 0.25) is 5.91 Å². The molecule has 2 unspecified atom stereocenters. The number of imidazole rings is 1. The normalized spacial score (nSPS) is 29.1. The molecule has 3 heterocycles. The van der Waals surface area contributed by atoms with Crippen LogP contribution in [-0.4, -0.2) is 31.3 Å². The van der Waals surface area contributed by atoms with E-state index in [-0.39, 0.29) is 17.2 Å². The molecule has 2 bridgehead atoms. The van der Waals surface area contributed by atoms with E-state index in [0.29, 0.717) is 17.9 Å². The lowest BCUT2D eigenvalue weighted by atomic mass is 9.69. The van der Waals surface area contributed by atoms with Crippen molar-refractivity contribution in [1.82, 2.24) is 19.2 Å². The van der Waals surface area contributed by atoms with Gasteiger partial charge in [0, 0.05) is 49.6 Å².